The minimum atomic E-state index is -0.513. The van der Waals surface area contributed by atoms with Crippen molar-refractivity contribution in [1.82, 2.24) is 14.5 Å². The van der Waals surface area contributed by atoms with E-state index in [0.29, 0.717) is 39.7 Å². The molecule has 4 aromatic rings. The second-order valence-corrected chi connectivity index (χ2v) is 10.1. The summed E-state index contributed by atoms with van der Waals surface area (Å²) in [6.45, 7) is 6.45. The highest BCUT2D eigenvalue weighted by Crippen LogP contribution is 2.26. The van der Waals surface area contributed by atoms with Crippen LogP contribution in [-0.2, 0) is 0 Å². The fourth-order valence-corrected chi connectivity index (χ4v) is 4.59. The number of hydrogen-bond acceptors (Lipinski definition) is 3. The third-order valence-corrected chi connectivity index (χ3v) is 6.34. The Morgan fingerprint density at radius 1 is 1.06 bits per heavy atom. The fraction of sp³-hybridized carbons (Fsp3) is 0.222. The number of aromatic nitrogens is 2. The van der Waals surface area contributed by atoms with E-state index in [2.05, 4.69) is 21.2 Å². The third-order valence-electron chi connectivity index (χ3n) is 5.61. The number of para-hydroxylation sites is 1. The molecular weight excluding hydrogens is 528 g/mol. The monoisotopic (exact) mass is 552 g/mol. The standard InChI is InChI=1S/C27H26BrClN4O2/c1-17(2)16-32(27(35)30-21-10-6-8-19(28)14-21)18(3)25-31-24-13-5-4-12-23(24)26(34)33(25)22-11-7-9-20(29)15-22/h4-15,17-18H,16H2,1-3H3,(H,30,35). The zero-order valence-corrected chi connectivity index (χ0v) is 22.0. The van der Waals surface area contributed by atoms with Crippen LogP contribution in [0.2, 0.25) is 5.02 Å². The molecule has 0 aliphatic heterocycles. The Labute approximate surface area is 217 Å². The van der Waals surface area contributed by atoms with E-state index in [1.807, 2.05) is 69.3 Å². The average molecular weight is 554 g/mol. The number of anilines is 1. The predicted octanol–water partition coefficient (Wildman–Crippen LogP) is 7.05. The van der Waals surface area contributed by atoms with Gasteiger partial charge in [0.05, 0.1) is 22.6 Å². The lowest BCUT2D eigenvalue weighted by Crippen LogP contribution is -2.41. The summed E-state index contributed by atoms with van der Waals surface area (Å²) in [5, 5.41) is 3.98. The maximum atomic E-state index is 13.7. The van der Waals surface area contributed by atoms with Crippen LogP contribution in [0.1, 0.15) is 32.6 Å². The quantitative estimate of drug-likeness (QED) is 0.278. The Morgan fingerprint density at radius 3 is 2.51 bits per heavy atom. The van der Waals surface area contributed by atoms with Crippen LogP contribution in [-0.4, -0.2) is 27.0 Å². The van der Waals surface area contributed by atoms with Crippen molar-refractivity contribution in [2.75, 3.05) is 11.9 Å². The lowest BCUT2D eigenvalue weighted by Gasteiger charge is -2.32. The molecule has 4 rings (SSSR count). The Bertz CT molecular complexity index is 1440. The van der Waals surface area contributed by atoms with Crippen LogP contribution in [0.15, 0.2) is 82.1 Å². The van der Waals surface area contributed by atoms with Crippen LogP contribution < -0.4 is 10.9 Å². The molecular formula is C27H26BrClN4O2. The largest absolute Gasteiger partial charge is 0.322 e. The molecule has 0 aliphatic rings. The van der Waals surface area contributed by atoms with Crippen molar-refractivity contribution in [2.24, 2.45) is 5.92 Å². The number of amides is 2. The number of hydrogen-bond donors (Lipinski definition) is 1. The van der Waals surface area contributed by atoms with E-state index in [-0.39, 0.29) is 17.5 Å². The van der Waals surface area contributed by atoms with Gasteiger partial charge in [0.25, 0.3) is 5.56 Å². The molecule has 0 fully saturated rings. The van der Waals surface area contributed by atoms with Gasteiger partial charge >= 0.3 is 6.03 Å². The topological polar surface area (TPSA) is 67.2 Å². The second kappa shape index (κ2) is 10.6. The number of urea groups is 1. The van der Waals surface area contributed by atoms with E-state index >= 15 is 0 Å². The summed E-state index contributed by atoms with van der Waals surface area (Å²) >= 11 is 9.71. The lowest BCUT2D eigenvalue weighted by atomic mass is 10.1. The molecule has 1 aromatic heterocycles. The molecule has 6 nitrogen and oxygen atoms in total. The second-order valence-electron chi connectivity index (χ2n) is 8.77. The summed E-state index contributed by atoms with van der Waals surface area (Å²) in [5.41, 5.74) is 1.63. The zero-order chi connectivity index (χ0) is 25.1. The maximum Gasteiger partial charge on any atom is 0.322 e. The van der Waals surface area contributed by atoms with Crippen LogP contribution >= 0.6 is 27.5 Å². The Balaban J connectivity index is 1.85. The van der Waals surface area contributed by atoms with Gasteiger partial charge in [0.2, 0.25) is 0 Å². The van der Waals surface area contributed by atoms with E-state index in [4.69, 9.17) is 16.6 Å². The summed E-state index contributed by atoms with van der Waals surface area (Å²) in [6, 6.07) is 20.9. The number of carbonyl (C=O) groups is 1. The van der Waals surface area contributed by atoms with Gasteiger partial charge in [-0.2, -0.15) is 0 Å². The summed E-state index contributed by atoms with van der Waals surface area (Å²) in [4.78, 5) is 33.7. The lowest BCUT2D eigenvalue weighted by molar-refractivity contribution is 0.179. The molecule has 8 heteroatoms. The van der Waals surface area contributed by atoms with Gasteiger partial charge in [-0.25, -0.2) is 9.78 Å². The average Bonchev–Trinajstić information content (AvgIpc) is 2.82. The third kappa shape index (κ3) is 5.57. The number of benzene rings is 3. The molecule has 0 saturated carbocycles. The van der Waals surface area contributed by atoms with Crippen molar-refractivity contribution in [3.63, 3.8) is 0 Å². The fourth-order valence-electron chi connectivity index (χ4n) is 4.01. The van der Waals surface area contributed by atoms with E-state index in [1.165, 1.54) is 0 Å². The number of nitrogens with zero attached hydrogens (tertiary/aromatic N) is 3. The molecule has 0 bridgehead atoms. The maximum absolute atomic E-state index is 13.7. The minimum absolute atomic E-state index is 0.192. The number of carbonyl (C=O) groups excluding carboxylic acids is 1. The van der Waals surface area contributed by atoms with Crippen LogP contribution in [0.25, 0.3) is 16.6 Å². The number of nitrogens with one attached hydrogen (secondary N) is 1. The number of fused-ring (bicyclic) bond motifs is 1. The van der Waals surface area contributed by atoms with Crippen LogP contribution in [0.4, 0.5) is 10.5 Å². The zero-order valence-electron chi connectivity index (χ0n) is 19.7. The molecule has 0 aliphatic carbocycles. The smallest absolute Gasteiger partial charge is 0.314 e. The summed E-state index contributed by atoms with van der Waals surface area (Å²) < 4.78 is 2.42. The van der Waals surface area contributed by atoms with E-state index in [1.54, 1.807) is 33.7 Å². The van der Waals surface area contributed by atoms with Crippen LogP contribution in [0, 0.1) is 5.92 Å². The molecule has 3 aromatic carbocycles. The van der Waals surface area contributed by atoms with Gasteiger partial charge in [0.15, 0.2) is 0 Å². The summed E-state index contributed by atoms with van der Waals surface area (Å²) in [7, 11) is 0. The Morgan fingerprint density at radius 2 is 1.80 bits per heavy atom. The molecule has 180 valence electrons. The van der Waals surface area contributed by atoms with Gasteiger partial charge < -0.3 is 10.2 Å². The first-order valence-electron chi connectivity index (χ1n) is 11.4. The Kier molecular flexibility index (Phi) is 7.57. The minimum Gasteiger partial charge on any atom is -0.314 e. The van der Waals surface area contributed by atoms with E-state index in [9.17, 15) is 9.59 Å². The SMILES string of the molecule is CC(C)CN(C(=O)Nc1cccc(Br)c1)C(C)c1nc2ccccc2c(=O)n1-c1cccc(Cl)c1. The van der Waals surface area contributed by atoms with Crippen molar-refractivity contribution in [2.45, 2.75) is 26.8 Å². The van der Waals surface area contributed by atoms with Crippen molar-refractivity contribution >= 4 is 50.2 Å². The van der Waals surface area contributed by atoms with E-state index < -0.39 is 6.04 Å². The van der Waals surface area contributed by atoms with Gasteiger partial charge in [0, 0.05) is 21.7 Å². The first-order chi connectivity index (χ1) is 16.7. The highest BCUT2D eigenvalue weighted by Gasteiger charge is 2.27. The molecule has 1 atom stereocenters. The molecule has 1 N–H and O–H groups in total. The van der Waals surface area contributed by atoms with Crippen molar-refractivity contribution in [3.05, 3.63) is 98.5 Å². The van der Waals surface area contributed by atoms with Gasteiger partial charge in [0.1, 0.15) is 5.82 Å². The van der Waals surface area contributed by atoms with Gasteiger partial charge in [-0.15, -0.1) is 0 Å². The summed E-state index contributed by atoms with van der Waals surface area (Å²) in [5.74, 6) is 0.651. The van der Waals surface area contributed by atoms with E-state index in [0.717, 1.165) is 4.47 Å². The molecule has 0 saturated heterocycles. The van der Waals surface area contributed by atoms with Gasteiger partial charge in [-0.1, -0.05) is 65.6 Å². The first-order valence-corrected chi connectivity index (χ1v) is 12.5. The van der Waals surface area contributed by atoms with Crippen LogP contribution in [0.5, 0.6) is 0 Å². The van der Waals surface area contributed by atoms with Crippen molar-refractivity contribution in [3.8, 4) is 5.69 Å². The predicted molar refractivity (Wildman–Crippen MR) is 145 cm³/mol. The first kappa shape index (κ1) is 24.9. The number of rotatable bonds is 6. The van der Waals surface area contributed by atoms with Crippen LogP contribution in [0.3, 0.4) is 0 Å². The molecule has 0 radical (unpaired) electrons. The van der Waals surface area contributed by atoms with Gasteiger partial charge in [-0.05, 0) is 61.4 Å². The normalized spacial score (nSPS) is 12.1. The molecule has 0 spiro atoms. The Hall–Kier alpha value is -3.16. The molecule has 1 unspecified atom stereocenters. The molecule has 2 amide bonds. The highest BCUT2D eigenvalue weighted by molar-refractivity contribution is 9.10. The van der Waals surface area contributed by atoms with Gasteiger partial charge in [-0.3, -0.25) is 9.36 Å². The highest BCUT2D eigenvalue weighted by atomic mass is 79.9. The number of halogens is 2. The van der Waals surface area contributed by atoms with Crippen molar-refractivity contribution in [1.29, 1.82) is 0 Å². The summed E-state index contributed by atoms with van der Waals surface area (Å²) in [6.07, 6.45) is 0. The molecule has 1 heterocycles. The molecule has 35 heavy (non-hydrogen) atoms. The van der Waals surface area contributed by atoms with Crippen molar-refractivity contribution < 1.29 is 4.79 Å².